The number of benzene rings is 1. The van der Waals surface area contributed by atoms with Gasteiger partial charge in [0.15, 0.2) is 0 Å². The van der Waals surface area contributed by atoms with Crippen molar-refractivity contribution in [2.75, 3.05) is 5.32 Å². The fourth-order valence-corrected chi connectivity index (χ4v) is 2.47. The fourth-order valence-electron chi connectivity index (χ4n) is 2.47. The molecule has 0 spiro atoms. The van der Waals surface area contributed by atoms with Gasteiger partial charge in [-0.3, -0.25) is 0 Å². The summed E-state index contributed by atoms with van der Waals surface area (Å²) >= 11 is 0. The van der Waals surface area contributed by atoms with E-state index < -0.39 is 23.4 Å². The number of halogens is 3. The maximum atomic E-state index is 12.7. The molecule has 1 aliphatic rings. The van der Waals surface area contributed by atoms with Crippen LogP contribution in [-0.2, 0) is 6.18 Å². The normalized spacial score (nSPS) is 23.1. The number of aliphatic hydroxyl groups excluding tert-OH is 1. The average Bonchev–Trinajstić information content (AvgIpc) is 2.40. The van der Waals surface area contributed by atoms with E-state index in [0.29, 0.717) is 12.1 Å². The Labute approximate surface area is 115 Å². The first-order chi connectivity index (χ1) is 9.41. The van der Waals surface area contributed by atoms with Crippen molar-refractivity contribution in [3.8, 4) is 6.07 Å². The Bertz CT molecular complexity index is 522. The third kappa shape index (κ3) is 3.23. The smallest absolute Gasteiger partial charge is 0.391 e. The number of nitrogens with one attached hydrogen (secondary N) is 1. The Kier molecular flexibility index (Phi) is 4.19. The van der Waals surface area contributed by atoms with Crippen LogP contribution in [0.5, 0.6) is 0 Å². The van der Waals surface area contributed by atoms with Crippen LogP contribution in [0.15, 0.2) is 18.2 Å². The fraction of sp³-hybridized carbons (Fsp3) is 0.500. The Morgan fingerprint density at radius 2 is 1.95 bits per heavy atom. The molecule has 2 rings (SSSR count). The first-order valence-electron chi connectivity index (χ1n) is 6.48. The zero-order chi connectivity index (χ0) is 14.8. The lowest BCUT2D eigenvalue weighted by Gasteiger charge is -2.29. The SMILES string of the molecule is N#Cc1cc(N[C@H]2CCCC[C@@H]2O)ccc1C(F)(F)F. The van der Waals surface area contributed by atoms with Crippen molar-refractivity contribution in [2.45, 2.75) is 44.0 Å². The predicted molar refractivity (Wildman–Crippen MR) is 68.0 cm³/mol. The third-order valence-corrected chi connectivity index (χ3v) is 3.53. The number of anilines is 1. The van der Waals surface area contributed by atoms with Crippen LogP contribution in [0.1, 0.15) is 36.8 Å². The highest BCUT2D eigenvalue weighted by Gasteiger charge is 2.33. The van der Waals surface area contributed by atoms with Crippen LogP contribution in [0.25, 0.3) is 0 Å². The van der Waals surface area contributed by atoms with Crippen LogP contribution in [0.2, 0.25) is 0 Å². The number of aliphatic hydroxyl groups is 1. The monoisotopic (exact) mass is 284 g/mol. The van der Waals surface area contributed by atoms with Crippen LogP contribution in [0.3, 0.4) is 0 Å². The Balaban J connectivity index is 2.20. The molecule has 0 unspecified atom stereocenters. The average molecular weight is 284 g/mol. The van der Waals surface area contributed by atoms with Crippen molar-refractivity contribution in [1.29, 1.82) is 5.26 Å². The number of alkyl halides is 3. The molecule has 1 aromatic rings. The van der Waals surface area contributed by atoms with Gasteiger partial charge in [0.05, 0.1) is 29.3 Å². The van der Waals surface area contributed by atoms with Crippen LogP contribution in [-0.4, -0.2) is 17.3 Å². The van der Waals surface area contributed by atoms with Gasteiger partial charge in [-0.05, 0) is 31.0 Å². The Morgan fingerprint density at radius 1 is 1.25 bits per heavy atom. The predicted octanol–water partition coefficient (Wildman–Crippen LogP) is 3.29. The van der Waals surface area contributed by atoms with E-state index in [1.54, 1.807) is 6.07 Å². The molecule has 0 aliphatic heterocycles. The molecule has 1 aromatic carbocycles. The number of nitrogens with zero attached hydrogens (tertiary/aromatic N) is 1. The summed E-state index contributed by atoms with van der Waals surface area (Å²) in [7, 11) is 0. The molecular formula is C14H15F3N2O. The molecule has 0 aromatic heterocycles. The maximum Gasteiger partial charge on any atom is 0.417 e. The maximum absolute atomic E-state index is 12.7. The van der Waals surface area contributed by atoms with Crippen molar-refractivity contribution in [3.63, 3.8) is 0 Å². The molecule has 0 bridgehead atoms. The Morgan fingerprint density at radius 3 is 2.55 bits per heavy atom. The van der Waals surface area contributed by atoms with Crippen molar-refractivity contribution < 1.29 is 18.3 Å². The minimum atomic E-state index is -4.53. The van der Waals surface area contributed by atoms with E-state index >= 15 is 0 Å². The van der Waals surface area contributed by atoms with Gasteiger partial charge in [-0.25, -0.2) is 0 Å². The highest BCUT2D eigenvalue weighted by atomic mass is 19.4. The van der Waals surface area contributed by atoms with Gasteiger partial charge in [0.25, 0.3) is 0 Å². The molecule has 0 amide bonds. The zero-order valence-corrected chi connectivity index (χ0v) is 10.7. The van der Waals surface area contributed by atoms with Crippen LogP contribution in [0, 0.1) is 11.3 Å². The van der Waals surface area contributed by atoms with Gasteiger partial charge < -0.3 is 10.4 Å². The summed E-state index contributed by atoms with van der Waals surface area (Å²) < 4.78 is 38.0. The number of hydrogen-bond donors (Lipinski definition) is 2. The first-order valence-corrected chi connectivity index (χ1v) is 6.48. The van der Waals surface area contributed by atoms with Crippen LogP contribution < -0.4 is 5.32 Å². The second-order valence-electron chi connectivity index (χ2n) is 4.97. The van der Waals surface area contributed by atoms with E-state index in [1.807, 2.05) is 0 Å². The van der Waals surface area contributed by atoms with Crippen LogP contribution >= 0.6 is 0 Å². The summed E-state index contributed by atoms with van der Waals surface area (Å²) in [6, 6.07) is 4.77. The molecule has 6 heteroatoms. The standard InChI is InChI=1S/C14H15F3N2O/c15-14(16,17)11-6-5-10(7-9(11)8-18)19-12-3-1-2-4-13(12)20/h5-7,12-13,19-20H,1-4H2/t12-,13-/m0/s1. The highest BCUT2D eigenvalue weighted by Crippen LogP contribution is 2.33. The van der Waals surface area contributed by atoms with Crippen LogP contribution in [0.4, 0.5) is 18.9 Å². The molecule has 0 heterocycles. The molecule has 108 valence electrons. The number of nitriles is 1. The lowest BCUT2D eigenvalue weighted by Crippen LogP contribution is -2.36. The van der Waals surface area contributed by atoms with E-state index in [1.165, 1.54) is 12.1 Å². The topological polar surface area (TPSA) is 56.0 Å². The van der Waals surface area contributed by atoms with Gasteiger partial charge >= 0.3 is 6.18 Å². The summed E-state index contributed by atoms with van der Waals surface area (Å²) in [5.74, 6) is 0. The van der Waals surface area contributed by atoms with Gasteiger partial charge in [-0.2, -0.15) is 18.4 Å². The first kappa shape index (κ1) is 14.7. The molecular weight excluding hydrogens is 269 g/mol. The zero-order valence-electron chi connectivity index (χ0n) is 10.7. The van der Waals surface area contributed by atoms with Crippen molar-refractivity contribution in [1.82, 2.24) is 0 Å². The Hall–Kier alpha value is -1.74. The molecule has 2 atom stereocenters. The van der Waals surface area contributed by atoms with E-state index in [-0.39, 0.29) is 6.04 Å². The third-order valence-electron chi connectivity index (χ3n) is 3.53. The summed E-state index contributed by atoms with van der Waals surface area (Å²) in [5.41, 5.74) is -0.914. The lowest BCUT2D eigenvalue weighted by atomic mass is 9.92. The molecule has 1 fully saturated rings. The minimum Gasteiger partial charge on any atom is -0.391 e. The highest BCUT2D eigenvalue weighted by molar-refractivity contribution is 5.54. The minimum absolute atomic E-state index is 0.174. The molecule has 1 aliphatic carbocycles. The molecule has 1 saturated carbocycles. The van der Waals surface area contributed by atoms with Crippen molar-refractivity contribution in [2.24, 2.45) is 0 Å². The summed E-state index contributed by atoms with van der Waals surface area (Å²) in [5, 5.41) is 21.7. The van der Waals surface area contributed by atoms with E-state index in [9.17, 15) is 18.3 Å². The molecule has 0 saturated heterocycles. The molecule has 0 radical (unpaired) electrons. The van der Waals surface area contributed by atoms with Gasteiger partial charge in [0.1, 0.15) is 0 Å². The summed E-state index contributed by atoms with van der Waals surface area (Å²) in [4.78, 5) is 0. The summed E-state index contributed by atoms with van der Waals surface area (Å²) in [6.07, 6.45) is -1.66. The number of hydrogen-bond acceptors (Lipinski definition) is 3. The van der Waals surface area contributed by atoms with Crippen molar-refractivity contribution >= 4 is 5.69 Å². The quantitative estimate of drug-likeness (QED) is 0.876. The largest absolute Gasteiger partial charge is 0.417 e. The van der Waals surface area contributed by atoms with Gasteiger partial charge in [0.2, 0.25) is 0 Å². The molecule has 2 N–H and O–H groups in total. The second kappa shape index (κ2) is 5.71. The van der Waals surface area contributed by atoms with Gasteiger partial charge in [-0.15, -0.1) is 0 Å². The lowest BCUT2D eigenvalue weighted by molar-refractivity contribution is -0.137. The number of rotatable bonds is 2. The van der Waals surface area contributed by atoms with Crippen molar-refractivity contribution in [3.05, 3.63) is 29.3 Å². The van der Waals surface area contributed by atoms with E-state index in [2.05, 4.69) is 5.32 Å². The summed E-state index contributed by atoms with van der Waals surface area (Å²) in [6.45, 7) is 0. The molecule has 20 heavy (non-hydrogen) atoms. The second-order valence-corrected chi connectivity index (χ2v) is 4.97. The van der Waals surface area contributed by atoms with Gasteiger partial charge in [-0.1, -0.05) is 12.8 Å². The molecule has 3 nitrogen and oxygen atoms in total. The van der Waals surface area contributed by atoms with Gasteiger partial charge in [0, 0.05) is 5.69 Å². The van der Waals surface area contributed by atoms with E-state index in [4.69, 9.17) is 5.26 Å². The van der Waals surface area contributed by atoms with E-state index in [0.717, 1.165) is 25.3 Å².